The molecular weight excluding hydrogens is 453 g/mol. The maximum absolute atomic E-state index is 13.4. The summed E-state index contributed by atoms with van der Waals surface area (Å²) < 4.78 is 30.0. The molecule has 0 unspecified atom stereocenters. The van der Waals surface area contributed by atoms with E-state index in [1.165, 1.54) is 12.1 Å². The molecule has 0 radical (unpaired) electrons. The number of hydrogen-bond donors (Lipinski definition) is 1. The van der Waals surface area contributed by atoms with Crippen LogP contribution in [-0.4, -0.2) is 66.1 Å². The zero-order chi connectivity index (χ0) is 24.2. The molecule has 1 saturated heterocycles. The van der Waals surface area contributed by atoms with Gasteiger partial charge < -0.3 is 19.2 Å². The molecule has 9 heteroatoms. The zero-order valence-corrected chi connectivity index (χ0v) is 19.0. The topological polar surface area (TPSA) is 93.8 Å². The molecule has 35 heavy (non-hydrogen) atoms. The van der Waals surface area contributed by atoms with E-state index >= 15 is 0 Å². The Labute approximate surface area is 201 Å². The maximum Gasteiger partial charge on any atom is 0.345 e. The smallest absolute Gasteiger partial charge is 0.345 e. The van der Waals surface area contributed by atoms with Gasteiger partial charge in [-0.15, -0.1) is 0 Å². The molecule has 1 aromatic carbocycles. The van der Waals surface area contributed by atoms with E-state index in [0.29, 0.717) is 36.5 Å². The molecule has 0 saturated carbocycles. The van der Waals surface area contributed by atoms with Crippen molar-refractivity contribution < 1.29 is 28.2 Å². The Morgan fingerprint density at radius 3 is 2.80 bits per heavy atom. The number of morpholine rings is 1. The lowest BCUT2D eigenvalue weighted by Gasteiger charge is -2.26. The van der Waals surface area contributed by atoms with Crippen LogP contribution in [0.5, 0.6) is 0 Å². The number of H-pyrrole nitrogens is 1. The highest BCUT2D eigenvalue weighted by molar-refractivity contribution is 6.26. The number of rotatable bonds is 7. The molecule has 0 aliphatic carbocycles. The Balaban J connectivity index is 1.38. The number of benzene rings is 1. The molecule has 4 heterocycles. The van der Waals surface area contributed by atoms with Gasteiger partial charge in [0.2, 0.25) is 5.78 Å². The third-order valence-corrected chi connectivity index (χ3v) is 5.96. The summed E-state index contributed by atoms with van der Waals surface area (Å²) >= 11 is 0. The van der Waals surface area contributed by atoms with Gasteiger partial charge in [-0.05, 0) is 35.9 Å². The first kappa shape index (κ1) is 22.9. The van der Waals surface area contributed by atoms with Gasteiger partial charge in [-0.25, -0.2) is 14.2 Å². The minimum absolute atomic E-state index is 0.0204. The predicted octanol–water partition coefficient (Wildman–Crippen LogP) is 3.01. The molecule has 5 rings (SSSR count). The number of nitrogens with zero attached hydrogens (tertiary/aromatic N) is 2. The maximum atomic E-state index is 13.4. The fraction of sp³-hybridized carbons (Fsp3) is 0.269. The second-order valence-electron chi connectivity index (χ2n) is 8.27. The fourth-order valence-corrected chi connectivity index (χ4v) is 4.10. The van der Waals surface area contributed by atoms with Gasteiger partial charge in [0.15, 0.2) is 5.76 Å². The van der Waals surface area contributed by atoms with E-state index in [1.807, 2.05) is 6.07 Å². The quantitative estimate of drug-likeness (QED) is 0.318. The normalized spacial score (nSPS) is 17.9. The molecule has 180 valence electrons. The van der Waals surface area contributed by atoms with Gasteiger partial charge in [0.25, 0.3) is 0 Å². The van der Waals surface area contributed by atoms with E-state index in [9.17, 15) is 14.0 Å². The van der Waals surface area contributed by atoms with Crippen LogP contribution >= 0.6 is 0 Å². The highest BCUT2D eigenvalue weighted by atomic mass is 19.1. The van der Waals surface area contributed by atoms with Crippen LogP contribution in [0, 0.1) is 5.82 Å². The minimum Gasteiger partial charge on any atom is -0.461 e. The van der Waals surface area contributed by atoms with Crippen molar-refractivity contribution in [3.05, 3.63) is 82.8 Å². The Morgan fingerprint density at radius 1 is 1.20 bits per heavy atom. The molecule has 0 amide bonds. The number of ketones is 1. The van der Waals surface area contributed by atoms with Crippen LogP contribution in [0.2, 0.25) is 0 Å². The van der Waals surface area contributed by atoms with E-state index in [2.05, 4.69) is 14.9 Å². The number of Topliss-reactive ketones (excluding diaryl/α,β-unsaturated/α-hetero) is 1. The summed E-state index contributed by atoms with van der Waals surface area (Å²) in [6, 6.07) is 9.49. The van der Waals surface area contributed by atoms with Crippen molar-refractivity contribution in [3.8, 4) is 0 Å². The number of allylic oxidation sites excluding steroid dienone is 2. The van der Waals surface area contributed by atoms with Crippen molar-refractivity contribution in [1.82, 2.24) is 14.9 Å². The first-order valence-electron chi connectivity index (χ1n) is 11.4. The third-order valence-electron chi connectivity index (χ3n) is 5.96. The lowest BCUT2D eigenvalue weighted by Crippen LogP contribution is -2.38. The Bertz CT molecular complexity index is 1310. The molecule has 2 aliphatic rings. The van der Waals surface area contributed by atoms with E-state index < -0.39 is 11.8 Å². The fourth-order valence-electron chi connectivity index (χ4n) is 4.10. The Hall–Kier alpha value is -3.82. The standard InChI is InChI=1S/C26H24FN3O5/c27-19-5-3-17(4-6-19)14-21-23(26(32)34-13-10-30-8-11-33-12-9-30)24(31)22(35-21)15-18-16-29-25-20(18)2-1-7-28-25/h1-7,15-16H,8-14H2,(H,28,29)/b22-15-. The van der Waals surface area contributed by atoms with Crippen molar-refractivity contribution >= 4 is 28.9 Å². The molecule has 1 fully saturated rings. The molecular formula is C26H24FN3O5. The van der Waals surface area contributed by atoms with Crippen molar-refractivity contribution in [1.29, 1.82) is 0 Å². The summed E-state index contributed by atoms with van der Waals surface area (Å²) in [6.07, 6.45) is 5.12. The first-order chi connectivity index (χ1) is 17.1. The van der Waals surface area contributed by atoms with E-state index in [4.69, 9.17) is 14.2 Å². The van der Waals surface area contributed by atoms with Crippen molar-refractivity contribution in [2.45, 2.75) is 6.42 Å². The molecule has 2 aromatic heterocycles. The molecule has 2 aliphatic heterocycles. The number of carbonyl (C=O) groups is 2. The second-order valence-corrected chi connectivity index (χ2v) is 8.27. The van der Waals surface area contributed by atoms with Gasteiger partial charge in [-0.1, -0.05) is 12.1 Å². The largest absolute Gasteiger partial charge is 0.461 e. The summed E-state index contributed by atoms with van der Waals surface area (Å²) in [6.45, 7) is 3.52. The highest BCUT2D eigenvalue weighted by Crippen LogP contribution is 2.31. The predicted molar refractivity (Wildman–Crippen MR) is 126 cm³/mol. The average molecular weight is 477 g/mol. The SMILES string of the molecule is O=C(OCCN1CCOCC1)C1=C(Cc2ccc(F)cc2)O/C(=C\c2c[nH]c3ncccc23)C1=O. The number of aromatic amines is 1. The van der Waals surface area contributed by atoms with Crippen LogP contribution in [0.3, 0.4) is 0 Å². The molecule has 0 spiro atoms. The lowest BCUT2D eigenvalue weighted by atomic mass is 10.0. The third kappa shape index (κ3) is 5.16. The molecule has 1 N–H and O–H groups in total. The summed E-state index contributed by atoms with van der Waals surface area (Å²) in [7, 11) is 0. The van der Waals surface area contributed by atoms with Crippen molar-refractivity contribution in [3.63, 3.8) is 0 Å². The number of aromatic nitrogens is 2. The first-order valence-corrected chi connectivity index (χ1v) is 11.4. The lowest BCUT2D eigenvalue weighted by molar-refractivity contribution is -0.140. The van der Waals surface area contributed by atoms with E-state index in [-0.39, 0.29) is 35.9 Å². The Kier molecular flexibility index (Phi) is 6.69. The van der Waals surface area contributed by atoms with Crippen LogP contribution in [0.4, 0.5) is 4.39 Å². The van der Waals surface area contributed by atoms with Crippen LogP contribution in [-0.2, 0) is 30.2 Å². The van der Waals surface area contributed by atoms with Crippen molar-refractivity contribution in [2.75, 3.05) is 39.5 Å². The van der Waals surface area contributed by atoms with E-state index in [1.54, 1.807) is 36.7 Å². The average Bonchev–Trinajstić information content (AvgIpc) is 3.42. The van der Waals surface area contributed by atoms with Gasteiger partial charge in [-0.2, -0.15) is 0 Å². The number of hydrogen-bond acceptors (Lipinski definition) is 7. The number of fused-ring (bicyclic) bond motifs is 1. The number of ether oxygens (including phenoxy) is 3. The van der Waals surface area contributed by atoms with Crippen molar-refractivity contribution in [2.24, 2.45) is 0 Å². The summed E-state index contributed by atoms with van der Waals surface area (Å²) in [4.78, 5) is 35.7. The molecule has 0 bridgehead atoms. The number of pyridine rings is 1. The summed E-state index contributed by atoms with van der Waals surface area (Å²) in [5.74, 6) is -1.45. The summed E-state index contributed by atoms with van der Waals surface area (Å²) in [5.41, 5.74) is 1.94. The van der Waals surface area contributed by atoms with Crippen LogP contribution in [0.25, 0.3) is 17.1 Å². The number of halogens is 1. The molecule has 0 atom stereocenters. The summed E-state index contributed by atoms with van der Waals surface area (Å²) in [5, 5.41) is 0.818. The number of esters is 1. The number of carbonyl (C=O) groups excluding carboxylic acids is 2. The molecule has 8 nitrogen and oxygen atoms in total. The van der Waals surface area contributed by atoms with Crippen LogP contribution in [0.1, 0.15) is 11.1 Å². The number of nitrogens with one attached hydrogen (secondary N) is 1. The monoisotopic (exact) mass is 477 g/mol. The van der Waals surface area contributed by atoms with Gasteiger partial charge in [-0.3, -0.25) is 9.69 Å². The molecule has 3 aromatic rings. The highest BCUT2D eigenvalue weighted by Gasteiger charge is 2.36. The zero-order valence-electron chi connectivity index (χ0n) is 19.0. The van der Waals surface area contributed by atoms with Crippen LogP contribution in [0.15, 0.2) is 65.9 Å². The van der Waals surface area contributed by atoms with Gasteiger partial charge in [0.05, 0.1) is 13.2 Å². The van der Waals surface area contributed by atoms with Gasteiger partial charge in [0, 0.05) is 49.4 Å². The van der Waals surface area contributed by atoms with E-state index in [0.717, 1.165) is 18.5 Å². The van der Waals surface area contributed by atoms with Gasteiger partial charge >= 0.3 is 5.97 Å². The van der Waals surface area contributed by atoms with Gasteiger partial charge in [0.1, 0.15) is 29.4 Å². The Morgan fingerprint density at radius 2 is 2.00 bits per heavy atom. The minimum atomic E-state index is -0.732. The second kappa shape index (κ2) is 10.2. The van der Waals surface area contributed by atoms with Crippen LogP contribution < -0.4 is 0 Å².